The zero-order valence-electron chi connectivity index (χ0n) is 14.0. The van der Waals surface area contributed by atoms with Crippen LogP contribution in [-0.4, -0.2) is 29.5 Å². The normalized spacial score (nSPS) is 17.0. The highest BCUT2D eigenvalue weighted by Crippen LogP contribution is 2.19. The van der Waals surface area contributed by atoms with Gasteiger partial charge in [0.1, 0.15) is 6.61 Å². The zero-order chi connectivity index (χ0) is 16.5. The van der Waals surface area contributed by atoms with Crippen LogP contribution in [0, 0.1) is 5.92 Å². The van der Waals surface area contributed by atoms with Crippen LogP contribution in [-0.2, 0) is 16.0 Å². The highest BCUT2D eigenvalue weighted by Gasteiger charge is 2.37. The SMILES string of the molecule is CC.CC(C)CCC(=O)N1C(=O)OC[C@@H]1Cc1ccccc1. The van der Waals surface area contributed by atoms with Crippen molar-refractivity contribution in [2.45, 2.75) is 53.0 Å². The van der Waals surface area contributed by atoms with Gasteiger partial charge in [-0.1, -0.05) is 58.0 Å². The first-order valence-electron chi connectivity index (χ1n) is 8.10. The van der Waals surface area contributed by atoms with E-state index in [9.17, 15) is 9.59 Å². The molecule has 1 aliphatic heterocycles. The number of nitrogens with zero attached hydrogens (tertiary/aromatic N) is 1. The van der Waals surface area contributed by atoms with Crippen molar-refractivity contribution in [2.24, 2.45) is 5.92 Å². The van der Waals surface area contributed by atoms with E-state index >= 15 is 0 Å². The van der Waals surface area contributed by atoms with Crippen molar-refractivity contribution >= 4 is 12.0 Å². The topological polar surface area (TPSA) is 46.6 Å². The Labute approximate surface area is 133 Å². The van der Waals surface area contributed by atoms with Crippen molar-refractivity contribution in [1.29, 1.82) is 0 Å². The van der Waals surface area contributed by atoms with Gasteiger partial charge in [-0.3, -0.25) is 4.79 Å². The van der Waals surface area contributed by atoms with E-state index in [1.54, 1.807) is 0 Å². The van der Waals surface area contributed by atoms with Gasteiger partial charge in [0.05, 0.1) is 6.04 Å². The summed E-state index contributed by atoms with van der Waals surface area (Å²) in [6, 6.07) is 9.69. The number of carbonyl (C=O) groups excluding carboxylic acids is 2. The molecule has 1 atom stereocenters. The number of imide groups is 1. The van der Waals surface area contributed by atoms with Gasteiger partial charge in [-0.25, -0.2) is 9.69 Å². The molecule has 22 heavy (non-hydrogen) atoms. The molecule has 1 aliphatic rings. The van der Waals surface area contributed by atoms with Crippen molar-refractivity contribution in [2.75, 3.05) is 6.61 Å². The van der Waals surface area contributed by atoms with Crippen molar-refractivity contribution in [3.63, 3.8) is 0 Å². The summed E-state index contributed by atoms with van der Waals surface area (Å²) in [6.45, 7) is 8.43. The molecule has 0 aliphatic carbocycles. The van der Waals surface area contributed by atoms with E-state index in [0.717, 1.165) is 12.0 Å². The standard InChI is InChI=1S/C16H21NO3.C2H6/c1-12(2)8-9-15(18)17-14(11-20-16(17)19)10-13-6-4-3-5-7-13;1-2/h3-7,12,14H,8-11H2,1-2H3;1-2H3/t14-;/m0./s1. The number of hydrogen-bond donors (Lipinski definition) is 0. The molecule has 2 amide bonds. The average molecular weight is 305 g/mol. The molecular weight excluding hydrogens is 278 g/mol. The Morgan fingerprint density at radius 3 is 2.50 bits per heavy atom. The smallest absolute Gasteiger partial charge is 0.416 e. The second-order valence-corrected chi connectivity index (χ2v) is 5.62. The minimum atomic E-state index is -0.500. The maximum absolute atomic E-state index is 12.2. The molecule has 1 aromatic carbocycles. The molecule has 2 rings (SSSR count). The molecule has 4 heteroatoms. The van der Waals surface area contributed by atoms with Gasteiger partial charge in [-0.2, -0.15) is 0 Å². The fourth-order valence-electron chi connectivity index (χ4n) is 2.34. The lowest BCUT2D eigenvalue weighted by Gasteiger charge is -2.20. The fraction of sp³-hybridized carbons (Fsp3) is 0.556. The zero-order valence-corrected chi connectivity index (χ0v) is 14.0. The Balaban J connectivity index is 0.00000116. The van der Waals surface area contributed by atoms with Crippen molar-refractivity contribution in [1.82, 2.24) is 4.90 Å². The Bertz CT molecular complexity index is 470. The summed E-state index contributed by atoms with van der Waals surface area (Å²) in [6.07, 6.45) is 1.35. The van der Waals surface area contributed by atoms with Gasteiger partial charge in [0.15, 0.2) is 0 Å². The third-order valence-electron chi connectivity index (χ3n) is 3.48. The number of amides is 2. The van der Waals surface area contributed by atoms with Crippen molar-refractivity contribution in [3.8, 4) is 0 Å². The van der Waals surface area contributed by atoms with E-state index in [0.29, 0.717) is 25.4 Å². The summed E-state index contributed by atoms with van der Waals surface area (Å²) in [4.78, 5) is 25.2. The summed E-state index contributed by atoms with van der Waals surface area (Å²) in [5, 5.41) is 0. The second kappa shape index (κ2) is 9.23. The molecule has 0 aromatic heterocycles. The van der Waals surface area contributed by atoms with E-state index in [1.807, 2.05) is 44.2 Å². The van der Waals surface area contributed by atoms with E-state index in [2.05, 4.69) is 13.8 Å². The van der Waals surface area contributed by atoms with Crippen LogP contribution in [0.15, 0.2) is 30.3 Å². The van der Waals surface area contributed by atoms with Gasteiger partial charge >= 0.3 is 6.09 Å². The molecule has 122 valence electrons. The molecule has 1 fully saturated rings. The summed E-state index contributed by atoms with van der Waals surface area (Å²) in [5.74, 6) is 0.326. The minimum Gasteiger partial charge on any atom is -0.447 e. The van der Waals surface area contributed by atoms with Gasteiger partial charge in [0, 0.05) is 6.42 Å². The van der Waals surface area contributed by atoms with Gasteiger partial charge in [0.25, 0.3) is 0 Å². The van der Waals surface area contributed by atoms with Gasteiger partial charge in [0.2, 0.25) is 5.91 Å². The lowest BCUT2D eigenvalue weighted by atomic mass is 10.0. The number of rotatable bonds is 5. The Kier molecular flexibility index (Phi) is 7.64. The largest absolute Gasteiger partial charge is 0.447 e. The molecule has 1 saturated heterocycles. The number of benzene rings is 1. The summed E-state index contributed by atoms with van der Waals surface area (Å²) >= 11 is 0. The Hall–Kier alpha value is -1.84. The van der Waals surface area contributed by atoms with Crippen LogP contribution >= 0.6 is 0 Å². The molecule has 0 saturated carbocycles. The van der Waals surface area contributed by atoms with Crippen LogP contribution in [0.5, 0.6) is 0 Å². The van der Waals surface area contributed by atoms with E-state index in [-0.39, 0.29) is 11.9 Å². The third kappa shape index (κ3) is 5.17. The molecule has 0 unspecified atom stereocenters. The third-order valence-corrected chi connectivity index (χ3v) is 3.48. The Morgan fingerprint density at radius 2 is 1.91 bits per heavy atom. The first-order chi connectivity index (χ1) is 10.6. The van der Waals surface area contributed by atoms with Crippen LogP contribution in [0.1, 0.15) is 46.1 Å². The molecular formula is C18H27NO3. The average Bonchev–Trinajstić information content (AvgIpc) is 2.88. The van der Waals surface area contributed by atoms with E-state index in [4.69, 9.17) is 4.74 Å². The quantitative estimate of drug-likeness (QED) is 0.825. The molecule has 4 nitrogen and oxygen atoms in total. The van der Waals surface area contributed by atoms with Crippen LogP contribution in [0.3, 0.4) is 0 Å². The first kappa shape index (κ1) is 18.2. The number of ether oxygens (including phenoxy) is 1. The van der Waals surface area contributed by atoms with Gasteiger partial charge in [-0.05, 0) is 24.3 Å². The number of carbonyl (C=O) groups is 2. The van der Waals surface area contributed by atoms with Crippen molar-refractivity contribution in [3.05, 3.63) is 35.9 Å². The summed E-state index contributed by atoms with van der Waals surface area (Å²) in [5.41, 5.74) is 1.11. The van der Waals surface area contributed by atoms with Crippen LogP contribution < -0.4 is 0 Å². The summed E-state index contributed by atoms with van der Waals surface area (Å²) in [7, 11) is 0. The predicted molar refractivity (Wildman–Crippen MR) is 87.5 cm³/mol. The molecule has 1 aromatic rings. The molecule has 0 spiro atoms. The van der Waals surface area contributed by atoms with Crippen LogP contribution in [0.25, 0.3) is 0 Å². The van der Waals surface area contributed by atoms with E-state index in [1.165, 1.54) is 4.90 Å². The summed E-state index contributed by atoms with van der Waals surface area (Å²) < 4.78 is 5.04. The minimum absolute atomic E-state index is 0.123. The first-order valence-corrected chi connectivity index (χ1v) is 8.10. The van der Waals surface area contributed by atoms with Crippen LogP contribution in [0.2, 0.25) is 0 Å². The van der Waals surface area contributed by atoms with Crippen LogP contribution in [0.4, 0.5) is 4.79 Å². The number of hydrogen-bond acceptors (Lipinski definition) is 3. The van der Waals surface area contributed by atoms with Gasteiger partial charge in [-0.15, -0.1) is 0 Å². The monoisotopic (exact) mass is 305 g/mol. The molecule has 0 bridgehead atoms. The van der Waals surface area contributed by atoms with Gasteiger partial charge < -0.3 is 4.74 Å². The van der Waals surface area contributed by atoms with E-state index < -0.39 is 6.09 Å². The molecule has 1 heterocycles. The Morgan fingerprint density at radius 1 is 1.27 bits per heavy atom. The lowest BCUT2D eigenvalue weighted by Crippen LogP contribution is -2.40. The lowest BCUT2D eigenvalue weighted by molar-refractivity contribution is -0.129. The molecule has 0 radical (unpaired) electrons. The highest BCUT2D eigenvalue weighted by atomic mass is 16.6. The second-order valence-electron chi connectivity index (χ2n) is 5.62. The molecule has 0 N–H and O–H groups in total. The maximum atomic E-state index is 12.2. The van der Waals surface area contributed by atoms with Crippen molar-refractivity contribution < 1.29 is 14.3 Å². The number of cyclic esters (lactones) is 1. The predicted octanol–water partition coefficient (Wildman–Crippen LogP) is 4.04. The maximum Gasteiger partial charge on any atom is 0.416 e. The fourth-order valence-corrected chi connectivity index (χ4v) is 2.34. The highest BCUT2D eigenvalue weighted by molar-refractivity contribution is 5.93.